The van der Waals surface area contributed by atoms with Crippen LogP contribution >= 0.6 is 0 Å². The van der Waals surface area contributed by atoms with Gasteiger partial charge >= 0.3 is 0 Å². The Morgan fingerprint density at radius 3 is 2.88 bits per heavy atom. The molecule has 0 radical (unpaired) electrons. The fraction of sp³-hybridized carbons (Fsp3) is 0.452. The average Bonchev–Trinajstić information content (AvgIpc) is 3.61. The van der Waals surface area contributed by atoms with Crippen molar-refractivity contribution >= 4 is 40.2 Å². The van der Waals surface area contributed by atoms with Crippen LogP contribution in [0.2, 0.25) is 0 Å². The zero-order valence-electron chi connectivity index (χ0n) is 25.0. The third-order valence-corrected chi connectivity index (χ3v) is 6.90. The number of fused-ring (bicyclic) bond motifs is 1. The van der Waals surface area contributed by atoms with Crippen LogP contribution in [-0.2, 0) is 16.6 Å². The highest BCUT2D eigenvalue weighted by Gasteiger charge is 2.32. The number of nitrogens with one attached hydrogen (secondary N) is 3. The molecule has 3 heterocycles. The minimum atomic E-state index is -0.407. The summed E-state index contributed by atoms with van der Waals surface area (Å²) < 4.78 is 1.84. The predicted octanol–water partition coefficient (Wildman–Crippen LogP) is 3.29. The summed E-state index contributed by atoms with van der Waals surface area (Å²) >= 11 is 0. The topological polar surface area (TPSA) is 120 Å². The smallest absolute Gasteiger partial charge is 0.246 e. The van der Waals surface area contributed by atoms with Gasteiger partial charge in [-0.25, -0.2) is 4.98 Å². The second kappa shape index (κ2) is 15.0. The number of carbonyl (C=O) groups excluding carboxylic acids is 2. The van der Waals surface area contributed by atoms with Crippen LogP contribution in [0.4, 0.5) is 17.5 Å². The Balaban J connectivity index is 1.29. The zero-order valence-corrected chi connectivity index (χ0v) is 25.0. The van der Waals surface area contributed by atoms with Crippen LogP contribution in [0.15, 0.2) is 42.7 Å². The number of aromatic nitrogens is 4. The maximum atomic E-state index is 12.8. The lowest BCUT2D eigenvalue weighted by molar-refractivity contribution is -0.135. The van der Waals surface area contributed by atoms with Gasteiger partial charge in [-0.05, 0) is 58.0 Å². The van der Waals surface area contributed by atoms with Crippen LogP contribution < -0.4 is 16.0 Å². The van der Waals surface area contributed by atoms with Gasteiger partial charge in [-0.2, -0.15) is 10.1 Å². The van der Waals surface area contributed by atoms with Gasteiger partial charge in [0.1, 0.15) is 11.9 Å². The van der Waals surface area contributed by atoms with E-state index in [-0.39, 0.29) is 11.8 Å². The molecule has 4 rings (SSSR count). The number of hydrogen-bond acceptors (Lipinski definition) is 8. The molecule has 3 aromatic rings. The maximum absolute atomic E-state index is 12.8. The van der Waals surface area contributed by atoms with Crippen LogP contribution in [0.25, 0.3) is 10.9 Å². The van der Waals surface area contributed by atoms with E-state index in [1.54, 1.807) is 17.2 Å². The largest absolute Gasteiger partial charge is 0.369 e. The number of carbonyl (C=O) groups is 2. The van der Waals surface area contributed by atoms with Gasteiger partial charge in [-0.15, -0.1) is 0 Å². The minimum absolute atomic E-state index is 0.0972. The normalized spacial score (nSPS) is 14.8. The molecule has 0 spiro atoms. The van der Waals surface area contributed by atoms with Crippen LogP contribution in [0, 0.1) is 11.8 Å². The first kappa shape index (κ1) is 30.5. The van der Waals surface area contributed by atoms with Crippen LogP contribution in [0.5, 0.6) is 0 Å². The van der Waals surface area contributed by atoms with Gasteiger partial charge in [0.15, 0.2) is 0 Å². The number of benzene rings is 1. The van der Waals surface area contributed by atoms with Crippen molar-refractivity contribution in [1.82, 2.24) is 34.9 Å². The summed E-state index contributed by atoms with van der Waals surface area (Å²) in [4.78, 5) is 38.1. The molecule has 42 heavy (non-hydrogen) atoms. The first-order valence-electron chi connectivity index (χ1n) is 14.5. The molecule has 2 amide bonds. The highest BCUT2D eigenvalue weighted by atomic mass is 16.2. The minimum Gasteiger partial charge on any atom is -0.369 e. The molecule has 0 aliphatic carbocycles. The van der Waals surface area contributed by atoms with Crippen molar-refractivity contribution in [2.75, 3.05) is 50.9 Å². The summed E-state index contributed by atoms with van der Waals surface area (Å²) in [6.07, 6.45) is 10.7. The summed E-state index contributed by atoms with van der Waals surface area (Å²) in [6, 6.07) is 5.60. The Labute approximate surface area is 247 Å². The quantitative estimate of drug-likeness (QED) is 0.172. The average molecular weight is 572 g/mol. The van der Waals surface area contributed by atoms with Crippen molar-refractivity contribution < 1.29 is 9.59 Å². The van der Waals surface area contributed by atoms with Gasteiger partial charge < -0.3 is 25.8 Å². The molecule has 1 aliphatic heterocycles. The molecular weight excluding hydrogens is 530 g/mol. The van der Waals surface area contributed by atoms with Crippen LogP contribution in [0.3, 0.4) is 0 Å². The van der Waals surface area contributed by atoms with E-state index < -0.39 is 6.04 Å². The van der Waals surface area contributed by atoms with Crippen molar-refractivity contribution in [3.8, 4) is 11.8 Å². The van der Waals surface area contributed by atoms with Crippen molar-refractivity contribution in [3.63, 3.8) is 0 Å². The first-order valence-corrected chi connectivity index (χ1v) is 14.5. The standard InChI is InChI=1S/C31H41N9O2/c1-5-16-32-29-23(21-34-31(37-29)36-25-14-15-26-24(20-25)22-35-39(26)4)11-7-6-8-17-33-30(42)27-12-9-19-40(27)28(41)13-10-18-38(2)3/h10,13-15,20-22,27H,5-6,8-9,12,16-19H2,1-4H3,(H,33,42)(H2,32,34,36,37)/t27-/m0/s1. The van der Waals surface area contributed by atoms with E-state index in [1.807, 2.05) is 61.2 Å². The summed E-state index contributed by atoms with van der Waals surface area (Å²) in [7, 11) is 5.81. The van der Waals surface area contributed by atoms with Crippen molar-refractivity contribution in [2.24, 2.45) is 7.05 Å². The van der Waals surface area contributed by atoms with Gasteiger partial charge in [0.2, 0.25) is 17.8 Å². The Bertz CT molecular complexity index is 1470. The number of likely N-dealkylation sites (tertiary alicyclic amines) is 1. The van der Waals surface area contributed by atoms with Gasteiger partial charge in [-0.3, -0.25) is 14.3 Å². The lowest BCUT2D eigenvalue weighted by atomic mass is 10.2. The Morgan fingerprint density at radius 1 is 1.21 bits per heavy atom. The molecule has 222 valence electrons. The third kappa shape index (κ3) is 8.30. The molecule has 1 aromatic carbocycles. The second-order valence-corrected chi connectivity index (χ2v) is 10.6. The number of nitrogens with zero attached hydrogens (tertiary/aromatic N) is 6. The van der Waals surface area contributed by atoms with E-state index in [4.69, 9.17) is 0 Å². The van der Waals surface area contributed by atoms with Gasteiger partial charge in [0.25, 0.3) is 0 Å². The molecule has 0 bridgehead atoms. The lowest BCUT2D eigenvalue weighted by Crippen LogP contribution is -2.45. The van der Waals surface area contributed by atoms with E-state index in [0.717, 1.165) is 41.5 Å². The first-order chi connectivity index (χ1) is 20.4. The number of hydrogen-bond donors (Lipinski definition) is 3. The van der Waals surface area contributed by atoms with Crippen LogP contribution in [0.1, 0.15) is 44.6 Å². The highest BCUT2D eigenvalue weighted by Crippen LogP contribution is 2.22. The SMILES string of the molecule is CCCNc1nc(Nc2ccc3c(cnn3C)c2)ncc1C#CCCCNC(=O)[C@@H]1CCCN1C(=O)C=CCN(C)C. The molecule has 11 heteroatoms. The molecular formula is C31H41N9O2. The predicted molar refractivity (Wildman–Crippen MR) is 166 cm³/mol. The third-order valence-electron chi connectivity index (χ3n) is 6.90. The number of unbranched alkanes of at least 4 members (excludes halogenated alkanes) is 1. The van der Waals surface area contributed by atoms with Crippen molar-refractivity contribution in [2.45, 2.75) is 45.1 Å². The fourth-order valence-electron chi connectivity index (χ4n) is 4.71. The Hall–Kier alpha value is -4.43. The lowest BCUT2D eigenvalue weighted by Gasteiger charge is -2.22. The highest BCUT2D eigenvalue weighted by molar-refractivity contribution is 5.93. The number of amides is 2. The van der Waals surface area contributed by atoms with Gasteiger partial charge in [-0.1, -0.05) is 24.8 Å². The Kier molecular flexibility index (Phi) is 10.9. The summed E-state index contributed by atoms with van der Waals surface area (Å²) in [5.74, 6) is 7.33. The number of anilines is 3. The monoisotopic (exact) mass is 571 g/mol. The molecule has 1 atom stereocenters. The Morgan fingerprint density at radius 2 is 2.07 bits per heavy atom. The van der Waals surface area contributed by atoms with Crippen molar-refractivity contribution in [3.05, 3.63) is 48.3 Å². The summed E-state index contributed by atoms with van der Waals surface area (Å²) in [5.41, 5.74) is 2.66. The van der Waals surface area contributed by atoms with E-state index in [9.17, 15) is 9.59 Å². The molecule has 1 saturated heterocycles. The molecule has 2 aromatic heterocycles. The van der Waals surface area contributed by atoms with E-state index >= 15 is 0 Å². The molecule has 0 unspecified atom stereocenters. The zero-order chi connectivity index (χ0) is 29.9. The molecule has 1 fully saturated rings. The number of likely N-dealkylation sites (N-methyl/N-ethyl adjacent to an activating group) is 1. The van der Waals surface area contributed by atoms with E-state index in [0.29, 0.717) is 50.7 Å². The van der Waals surface area contributed by atoms with Crippen LogP contribution in [-0.4, -0.2) is 87.7 Å². The number of rotatable bonds is 12. The maximum Gasteiger partial charge on any atom is 0.246 e. The summed E-state index contributed by atoms with van der Waals surface area (Å²) in [5, 5.41) is 14.9. The molecule has 11 nitrogen and oxygen atoms in total. The molecule has 1 aliphatic rings. The van der Waals surface area contributed by atoms with Gasteiger partial charge in [0, 0.05) is 56.8 Å². The fourth-order valence-corrected chi connectivity index (χ4v) is 4.71. The van der Waals surface area contributed by atoms with E-state index in [1.165, 1.54) is 0 Å². The van der Waals surface area contributed by atoms with Gasteiger partial charge in [0.05, 0.1) is 23.5 Å². The molecule has 0 saturated carbocycles. The van der Waals surface area contributed by atoms with E-state index in [2.05, 4.69) is 49.8 Å². The van der Waals surface area contributed by atoms with Crippen molar-refractivity contribution in [1.29, 1.82) is 0 Å². The summed E-state index contributed by atoms with van der Waals surface area (Å²) in [6.45, 7) is 4.66. The number of aryl methyl sites for hydroxylation is 1. The molecule has 3 N–H and O–H groups in total. The second-order valence-electron chi connectivity index (χ2n) is 10.6.